The number of carbonyl (C=O) groups is 1. The Morgan fingerprint density at radius 3 is 2.21 bits per heavy atom. The van der Waals surface area contributed by atoms with E-state index in [0.717, 1.165) is 10.7 Å². The van der Waals surface area contributed by atoms with Crippen LogP contribution in [0.3, 0.4) is 0 Å². The number of hydrogen-bond donors (Lipinski definition) is 2. The van der Waals surface area contributed by atoms with Crippen LogP contribution >= 0.6 is 11.3 Å². The van der Waals surface area contributed by atoms with Crippen LogP contribution in [0.25, 0.3) is 0 Å². The van der Waals surface area contributed by atoms with Gasteiger partial charge in [0.05, 0.1) is 16.2 Å². The van der Waals surface area contributed by atoms with Crippen LogP contribution in [0.4, 0.5) is 0 Å². The molecule has 0 saturated carbocycles. The van der Waals surface area contributed by atoms with Gasteiger partial charge >= 0.3 is 0 Å². The summed E-state index contributed by atoms with van der Waals surface area (Å²) in [6.45, 7) is 14.1. The number of amides is 1. The highest BCUT2D eigenvalue weighted by Gasteiger charge is 2.29. The van der Waals surface area contributed by atoms with Gasteiger partial charge < -0.3 is 5.73 Å². The Labute approximate surface area is 119 Å². The van der Waals surface area contributed by atoms with E-state index in [1.807, 2.05) is 13.8 Å². The van der Waals surface area contributed by atoms with E-state index in [1.54, 1.807) is 25.2 Å². The SMILES string of the molecule is Cc1nc(C(C)(C)C)sc1C(C)NC(C)(C)C(N)=O. The maximum Gasteiger partial charge on any atom is 0.237 e. The summed E-state index contributed by atoms with van der Waals surface area (Å²) in [5.74, 6) is -0.349. The second-order valence-corrected chi connectivity index (χ2v) is 7.60. The molecule has 1 amide bonds. The lowest BCUT2D eigenvalue weighted by Gasteiger charge is -2.26. The van der Waals surface area contributed by atoms with Crippen LogP contribution in [-0.2, 0) is 10.2 Å². The Morgan fingerprint density at radius 2 is 1.84 bits per heavy atom. The standard InChI is InChI=1S/C14H25N3OS/c1-8-10(19-12(16-8)13(3,4)5)9(2)17-14(6,7)11(15)18/h9,17H,1-7H3,(H2,15,18). The van der Waals surface area contributed by atoms with Crippen molar-refractivity contribution in [2.75, 3.05) is 0 Å². The van der Waals surface area contributed by atoms with Crippen LogP contribution in [0.2, 0.25) is 0 Å². The molecule has 5 heteroatoms. The van der Waals surface area contributed by atoms with Crippen molar-refractivity contribution < 1.29 is 4.79 Å². The van der Waals surface area contributed by atoms with E-state index in [9.17, 15) is 4.79 Å². The predicted octanol–water partition coefficient (Wildman–Crippen LogP) is 2.66. The van der Waals surface area contributed by atoms with E-state index in [4.69, 9.17) is 5.73 Å². The van der Waals surface area contributed by atoms with Crippen LogP contribution in [0, 0.1) is 6.92 Å². The first-order valence-corrected chi connectivity index (χ1v) is 7.32. The van der Waals surface area contributed by atoms with Crippen molar-refractivity contribution in [3.63, 3.8) is 0 Å². The third-order valence-corrected chi connectivity index (χ3v) is 4.83. The van der Waals surface area contributed by atoms with Gasteiger partial charge in [0.25, 0.3) is 0 Å². The van der Waals surface area contributed by atoms with Crippen LogP contribution in [0.15, 0.2) is 0 Å². The highest BCUT2D eigenvalue weighted by Crippen LogP contribution is 2.33. The zero-order valence-electron chi connectivity index (χ0n) is 12.9. The zero-order valence-corrected chi connectivity index (χ0v) is 13.7. The molecule has 108 valence electrons. The molecule has 3 N–H and O–H groups in total. The number of carbonyl (C=O) groups excluding carboxylic acids is 1. The average molecular weight is 283 g/mol. The molecule has 1 unspecified atom stereocenters. The van der Waals surface area contributed by atoms with Crippen LogP contribution in [0.1, 0.15) is 63.2 Å². The molecule has 0 radical (unpaired) electrons. The molecular formula is C14H25N3OS. The van der Waals surface area contributed by atoms with Gasteiger partial charge in [-0.3, -0.25) is 10.1 Å². The van der Waals surface area contributed by atoms with Crippen molar-refractivity contribution in [1.29, 1.82) is 0 Å². The number of nitrogens with one attached hydrogen (secondary N) is 1. The summed E-state index contributed by atoms with van der Waals surface area (Å²) in [6, 6.07) is 0.0519. The van der Waals surface area contributed by atoms with Crippen molar-refractivity contribution in [3.05, 3.63) is 15.6 Å². The second-order valence-electron chi connectivity index (χ2n) is 6.57. The molecule has 0 bridgehead atoms. The van der Waals surface area contributed by atoms with Gasteiger partial charge in [-0.25, -0.2) is 4.98 Å². The Hall–Kier alpha value is -0.940. The molecule has 1 heterocycles. The summed E-state index contributed by atoms with van der Waals surface area (Å²) in [4.78, 5) is 17.2. The third-order valence-electron chi connectivity index (χ3n) is 3.06. The van der Waals surface area contributed by atoms with Gasteiger partial charge in [-0.2, -0.15) is 0 Å². The maximum absolute atomic E-state index is 11.4. The molecule has 4 nitrogen and oxygen atoms in total. The lowest BCUT2D eigenvalue weighted by molar-refractivity contribution is -0.123. The topological polar surface area (TPSA) is 68.0 Å². The molecule has 1 aromatic rings. The van der Waals surface area contributed by atoms with Crippen LogP contribution in [0.5, 0.6) is 0 Å². The summed E-state index contributed by atoms with van der Waals surface area (Å²) in [6.07, 6.45) is 0. The fourth-order valence-corrected chi connectivity index (χ4v) is 2.93. The molecule has 1 rings (SSSR count). The smallest absolute Gasteiger partial charge is 0.237 e. The fourth-order valence-electron chi connectivity index (χ4n) is 1.81. The molecular weight excluding hydrogens is 258 g/mol. The van der Waals surface area contributed by atoms with E-state index in [0.29, 0.717) is 0 Å². The minimum atomic E-state index is -0.724. The Bertz CT molecular complexity index is 472. The average Bonchev–Trinajstić information content (AvgIpc) is 2.58. The number of aromatic nitrogens is 1. The zero-order chi connectivity index (χ0) is 15.0. The number of hydrogen-bond acceptors (Lipinski definition) is 4. The number of nitrogens with zero attached hydrogens (tertiary/aromatic N) is 1. The van der Waals surface area contributed by atoms with E-state index < -0.39 is 5.54 Å². The normalized spacial score (nSPS) is 14.5. The maximum atomic E-state index is 11.4. The van der Waals surface area contributed by atoms with Gasteiger partial charge in [0.15, 0.2) is 0 Å². The number of nitrogens with two attached hydrogens (primary N) is 1. The lowest BCUT2D eigenvalue weighted by atomic mass is 9.98. The number of thiazole rings is 1. The van der Waals surface area contributed by atoms with Crippen molar-refractivity contribution in [2.24, 2.45) is 5.73 Å². The molecule has 0 saturated heterocycles. The van der Waals surface area contributed by atoms with Crippen molar-refractivity contribution in [1.82, 2.24) is 10.3 Å². The van der Waals surface area contributed by atoms with E-state index in [1.165, 1.54) is 4.88 Å². The van der Waals surface area contributed by atoms with Gasteiger partial charge in [-0.05, 0) is 27.7 Å². The molecule has 19 heavy (non-hydrogen) atoms. The summed E-state index contributed by atoms with van der Waals surface area (Å²) in [7, 11) is 0. The van der Waals surface area contributed by atoms with E-state index in [2.05, 4.69) is 31.1 Å². The summed E-state index contributed by atoms with van der Waals surface area (Å²) in [5.41, 5.74) is 5.74. The Morgan fingerprint density at radius 1 is 1.32 bits per heavy atom. The molecule has 0 fully saturated rings. The second kappa shape index (κ2) is 5.21. The molecule has 0 aliphatic rings. The van der Waals surface area contributed by atoms with Crippen LogP contribution < -0.4 is 11.1 Å². The largest absolute Gasteiger partial charge is 0.368 e. The molecule has 0 aliphatic carbocycles. The lowest BCUT2D eigenvalue weighted by Crippen LogP contribution is -2.51. The van der Waals surface area contributed by atoms with E-state index >= 15 is 0 Å². The monoisotopic (exact) mass is 283 g/mol. The Kier molecular flexibility index (Phi) is 4.42. The summed E-state index contributed by atoms with van der Waals surface area (Å²) >= 11 is 1.70. The first kappa shape index (κ1) is 16.1. The third kappa shape index (κ3) is 3.76. The Balaban J connectivity index is 2.98. The highest BCUT2D eigenvalue weighted by atomic mass is 32.1. The van der Waals surface area contributed by atoms with Crippen LogP contribution in [-0.4, -0.2) is 16.4 Å². The van der Waals surface area contributed by atoms with Crippen molar-refractivity contribution >= 4 is 17.2 Å². The van der Waals surface area contributed by atoms with Gasteiger partial charge in [-0.1, -0.05) is 20.8 Å². The minimum absolute atomic E-state index is 0.0482. The number of aryl methyl sites for hydroxylation is 1. The highest BCUT2D eigenvalue weighted by molar-refractivity contribution is 7.12. The van der Waals surface area contributed by atoms with Crippen molar-refractivity contribution in [2.45, 2.75) is 65.5 Å². The first-order chi connectivity index (χ1) is 8.45. The number of rotatable bonds is 4. The molecule has 0 aliphatic heterocycles. The molecule has 1 atom stereocenters. The van der Waals surface area contributed by atoms with Crippen molar-refractivity contribution in [3.8, 4) is 0 Å². The number of primary amides is 1. The van der Waals surface area contributed by atoms with E-state index in [-0.39, 0.29) is 17.4 Å². The predicted molar refractivity (Wildman–Crippen MR) is 80.4 cm³/mol. The summed E-state index contributed by atoms with van der Waals surface area (Å²) < 4.78 is 0. The molecule has 1 aromatic heterocycles. The quantitative estimate of drug-likeness (QED) is 0.892. The van der Waals surface area contributed by atoms with Gasteiger partial charge in [-0.15, -0.1) is 11.3 Å². The molecule has 0 spiro atoms. The minimum Gasteiger partial charge on any atom is -0.368 e. The van der Waals surface area contributed by atoms with Gasteiger partial charge in [0, 0.05) is 16.3 Å². The summed E-state index contributed by atoms with van der Waals surface area (Å²) in [5, 5.41) is 4.39. The van der Waals surface area contributed by atoms with Gasteiger partial charge in [0.1, 0.15) is 0 Å². The first-order valence-electron chi connectivity index (χ1n) is 6.50. The molecule has 0 aromatic carbocycles. The van der Waals surface area contributed by atoms with Gasteiger partial charge in [0.2, 0.25) is 5.91 Å². The fraction of sp³-hybridized carbons (Fsp3) is 0.714.